The summed E-state index contributed by atoms with van der Waals surface area (Å²) in [5, 5.41) is 10.1. The minimum atomic E-state index is -1.03. The van der Waals surface area contributed by atoms with Gasteiger partial charge in [0.2, 0.25) is 0 Å². The average molecular weight is 663 g/mol. The molecule has 1 heterocycles. The Bertz CT molecular complexity index is 1900. The quantitative estimate of drug-likeness (QED) is 0.179. The van der Waals surface area contributed by atoms with Gasteiger partial charge < -0.3 is 19.3 Å². The highest BCUT2D eigenvalue weighted by Crippen LogP contribution is 2.37. The fourth-order valence-corrected chi connectivity index (χ4v) is 6.16. The van der Waals surface area contributed by atoms with Crippen molar-refractivity contribution in [2.45, 2.75) is 44.8 Å². The number of ether oxygens (including phenoxy) is 1. The Morgan fingerprint density at radius 1 is 0.935 bits per heavy atom. The third kappa shape index (κ3) is 6.88. The number of carbonyl (C=O) groups excluding carboxylic acids is 1. The highest BCUT2D eigenvalue weighted by atomic mass is 35.5. The molecule has 0 aliphatic heterocycles. The maximum absolute atomic E-state index is 15.8. The second kappa shape index (κ2) is 13.9. The van der Waals surface area contributed by atoms with Crippen LogP contribution in [0.1, 0.15) is 64.4 Å². The standard InChI is InChI=1S/C36H33ClFN3O4.ClH/c1-40(2)35(42)26-17-22(16-25(18-26)23-8-11-27(37)12-9-23)21-45-29-13-14-30(31(38)20-29)34-39-32-19-24(36(43)44)10-15-33(32)41(34)28-6-4-3-5-7-28;/h8-20,28H,3-7,21H2,1-2H3,(H,43,44);1H. The van der Waals surface area contributed by atoms with Crippen LogP contribution in [0.3, 0.4) is 0 Å². The lowest BCUT2D eigenvalue weighted by atomic mass is 9.94. The van der Waals surface area contributed by atoms with Gasteiger partial charge >= 0.3 is 5.97 Å². The fourth-order valence-electron chi connectivity index (χ4n) is 6.03. The molecular formula is C36H34Cl2FN3O4. The van der Waals surface area contributed by atoms with Crippen molar-refractivity contribution < 1.29 is 23.8 Å². The topological polar surface area (TPSA) is 84.7 Å². The Labute approximate surface area is 278 Å². The van der Waals surface area contributed by atoms with Gasteiger partial charge in [-0.15, -0.1) is 12.4 Å². The molecule has 0 atom stereocenters. The predicted molar refractivity (Wildman–Crippen MR) is 181 cm³/mol. The van der Waals surface area contributed by atoms with Crippen molar-refractivity contribution in [2.24, 2.45) is 0 Å². The number of nitrogens with zero attached hydrogens (tertiary/aromatic N) is 3. The summed E-state index contributed by atoms with van der Waals surface area (Å²) in [6.45, 7) is 0.118. The molecule has 0 spiro atoms. The minimum Gasteiger partial charge on any atom is -0.489 e. The van der Waals surface area contributed by atoms with E-state index in [0.717, 1.165) is 54.3 Å². The Balaban J connectivity index is 0.00000417. The molecule has 1 aliphatic carbocycles. The van der Waals surface area contributed by atoms with Gasteiger partial charge in [-0.1, -0.05) is 43.0 Å². The van der Waals surface area contributed by atoms with Gasteiger partial charge in [-0.05, 0) is 90.2 Å². The highest BCUT2D eigenvalue weighted by Gasteiger charge is 2.25. The van der Waals surface area contributed by atoms with Crippen LogP contribution >= 0.6 is 24.0 Å². The lowest BCUT2D eigenvalue weighted by Gasteiger charge is -2.25. The molecule has 0 radical (unpaired) electrons. The normalized spacial score (nSPS) is 13.3. The number of aromatic nitrogens is 2. The molecule has 1 aromatic heterocycles. The number of hydrogen-bond acceptors (Lipinski definition) is 4. The molecule has 1 aliphatic rings. The van der Waals surface area contributed by atoms with Crippen molar-refractivity contribution in [1.82, 2.24) is 14.5 Å². The average Bonchev–Trinajstić information content (AvgIpc) is 3.42. The summed E-state index contributed by atoms with van der Waals surface area (Å²) in [4.78, 5) is 30.7. The van der Waals surface area contributed by atoms with Gasteiger partial charge in [0.1, 0.15) is 24.0 Å². The van der Waals surface area contributed by atoms with Crippen molar-refractivity contribution in [3.05, 3.63) is 106 Å². The van der Waals surface area contributed by atoms with Crippen molar-refractivity contribution in [3.63, 3.8) is 0 Å². The van der Waals surface area contributed by atoms with Gasteiger partial charge in [-0.3, -0.25) is 4.79 Å². The summed E-state index contributed by atoms with van der Waals surface area (Å²) in [7, 11) is 3.40. The van der Waals surface area contributed by atoms with Crippen LogP contribution in [0.15, 0.2) is 78.9 Å². The molecule has 1 amide bonds. The van der Waals surface area contributed by atoms with Crippen LogP contribution in [-0.2, 0) is 6.61 Å². The number of halogens is 3. The molecule has 0 bridgehead atoms. The van der Waals surface area contributed by atoms with Crippen LogP contribution in [0.25, 0.3) is 33.5 Å². The van der Waals surface area contributed by atoms with Crippen LogP contribution in [0.4, 0.5) is 4.39 Å². The van der Waals surface area contributed by atoms with Crippen molar-refractivity contribution in [2.75, 3.05) is 14.1 Å². The Morgan fingerprint density at radius 2 is 1.67 bits per heavy atom. The number of aromatic carboxylic acids is 1. The SMILES string of the molecule is CN(C)C(=O)c1cc(COc2ccc(-c3nc4cc(C(=O)O)ccc4n3C3CCCCC3)c(F)c2)cc(-c2ccc(Cl)cc2)c1.Cl. The largest absolute Gasteiger partial charge is 0.489 e. The highest BCUT2D eigenvalue weighted by molar-refractivity contribution is 6.30. The van der Waals surface area contributed by atoms with E-state index >= 15 is 4.39 Å². The predicted octanol–water partition coefficient (Wildman–Crippen LogP) is 9.07. The third-order valence-corrected chi connectivity index (χ3v) is 8.54. The van der Waals surface area contributed by atoms with Crippen LogP contribution in [0.5, 0.6) is 5.75 Å². The van der Waals surface area contributed by atoms with E-state index in [9.17, 15) is 14.7 Å². The zero-order valence-corrected chi connectivity index (χ0v) is 27.1. The number of fused-ring (bicyclic) bond motifs is 1. The summed E-state index contributed by atoms with van der Waals surface area (Å²) in [6, 6.07) is 22.7. The van der Waals surface area contributed by atoms with Crippen LogP contribution in [0.2, 0.25) is 5.02 Å². The lowest BCUT2D eigenvalue weighted by molar-refractivity contribution is 0.0696. The van der Waals surface area contributed by atoms with E-state index in [1.54, 1.807) is 62.6 Å². The second-order valence-corrected chi connectivity index (χ2v) is 12.1. The van der Waals surface area contributed by atoms with Gasteiger partial charge in [0, 0.05) is 36.8 Å². The number of amides is 1. The number of carboxylic acids is 1. The van der Waals surface area contributed by atoms with E-state index in [1.165, 1.54) is 11.0 Å². The van der Waals surface area contributed by atoms with Gasteiger partial charge in [-0.2, -0.15) is 0 Å². The van der Waals surface area contributed by atoms with Gasteiger partial charge in [-0.25, -0.2) is 14.2 Å². The number of imidazole rings is 1. The maximum atomic E-state index is 15.8. The molecule has 1 N–H and O–H groups in total. The maximum Gasteiger partial charge on any atom is 0.335 e. The first-order valence-electron chi connectivity index (χ1n) is 15.0. The molecule has 4 aromatic carbocycles. The van der Waals surface area contributed by atoms with Crippen LogP contribution in [-0.4, -0.2) is 45.5 Å². The molecule has 46 heavy (non-hydrogen) atoms. The monoisotopic (exact) mass is 661 g/mol. The van der Waals surface area contributed by atoms with Crippen LogP contribution < -0.4 is 4.74 Å². The molecule has 7 nitrogen and oxygen atoms in total. The zero-order chi connectivity index (χ0) is 31.7. The van der Waals surface area contributed by atoms with E-state index in [-0.39, 0.29) is 36.5 Å². The Morgan fingerprint density at radius 3 is 2.35 bits per heavy atom. The molecule has 6 rings (SSSR count). The molecule has 5 aromatic rings. The summed E-state index contributed by atoms with van der Waals surface area (Å²) in [5.41, 5.74) is 4.80. The number of carboxylic acid groups (broad SMARTS) is 1. The van der Waals surface area contributed by atoms with Gasteiger partial charge in [0.15, 0.2) is 0 Å². The first kappa shape index (κ1) is 33.0. The summed E-state index contributed by atoms with van der Waals surface area (Å²) < 4.78 is 23.9. The van der Waals surface area contributed by atoms with E-state index in [4.69, 9.17) is 21.3 Å². The molecule has 10 heteroatoms. The Kier molecular flexibility index (Phi) is 9.99. The zero-order valence-electron chi connectivity index (χ0n) is 25.5. The van der Waals surface area contributed by atoms with Gasteiger partial charge in [0.25, 0.3) is 5.91 Å². The lowest BCUT2D eigenvalue weighted by Crippen LogP contribution is -2.22. The van der Waals surface area contributed by atoms with Gasteiger partial charge in [0.05, 0.1) is 22.2 Å². The van der Waals surface area contributed by atoms with E-state index in [1.807, 2.05) is 24.3 Å². The third-order valence-electron chi connectivity index (χ3n) is 8.29. The Hall–Kier alpha value is -4.40. The number of rotatable bonds is 8. The van der Waals surface area contributed by atoms with E-state index < -0.39 is 11.8 Å². The molecule has 0 unspecified atom stereocenters. The molecule has 0 saturated heterocycles. The van der Waals surface area contributed by atoms with Crippen molar-refractivity contribution in [3.8, 4) is 28.3 Å². The number of hydrogen-bond donors (Lipinski definition) is 1. The van der Waals surface area contributed by atoms with E-state index in [0.29, 0.717) is 33.2 Å². The first-order valence-corrected chi connectivity index (χ1v) is 15.4. The van der Waals surface area contributed by atoms with Crippen LogP contribution in [0, 0.1) is 5.82 Å². The summed E-state index contributed by atoms with van der Waals surface area (Å²) in [6.07, 6.45) is 5.22. The molecule has 238 valence electrons. The molecular weight excluding hydrogens is 628 g/mol. The number of carbonyl (C=O) groups is 2. The fraction of sp³-hybridized carbons (Fsp3) is 0.250. The van der Waals surface area contributed by atoms with E-state index in [2.05, 4.69) is 4.57 Å². The van der Waals surface area contributed by atoms with Crippen molar-refractivity contribution in [1.29, 1.82) is 0 Å². The van der Waals surface area contributed by atoms with Crippen molar-refractivity contribution >= 4 is 46.9 Å². The first-order chi connectivity index (χ1) is 21.7. The minimum absolute atomic E-state index is 0. The molecule has 1 fully saturated rings. The summed E-state index contributed by atoms with van der Waals surface area (Å²) >= 11 is 6.08. The second-order valence-electron chi connectivity index (χ2n) is 11.7. The summed E-state index contributed by atoms with van der Waals surface area (Å²) in [5.74, 6) is -0.848. The molecule has 1 saturated carbocycles. The smallest absolute Gasteiger partial charge is 0.335 e. The number of benzene rings is 4.